The van der Waals surface area contributed by atoms with Crippen molar-refractivity contribution in [2.45, 2.75) is 53.5 Å². The Bertz CT molecular complexity index is 208. The van der Waals surface area contributed by atoms with Gasteiger partial charge in [-0.1, -0.05) is 53.1 Å². The van der Waals surface area contributed by atoms with Crippen LogP contribution in [0.1, 0.15) is 48.0 Å². The van der Waals surface area contributed by atoms with Crippen LogP contribution in [0.5, 0.6) is 0 Å². The summed E-state index contributed by atoms with van der Waals surface area (Å²) in [5, 5.41) is 2.85. The number of rotatable bonds is 4. The van der Waals surface area contributed by atoms with Gasteiger partial charge >= 0.3 is 0 Å². The number of carbonyl (C=O) groups excluding carboxylic acids is 1. The zero-order valence-corrected chi connectivity index (χ0v) is 11.5. The van der Waals surface area contributed by atoms with Crippen molar-refractivity contribution < 1.29 is 4.79 Å². The first-order chi connectivity index (χ1) is 6.64. The lowest BCUT2D eigenvalue weighted by molar-refractivity contribution is -0.125. The van der Waals surface area contributed by atoms with E-state index in [0.717, 1.165) is 6.42 Å². The van der Waals surface area contributed by atoms with E-state index in [2.05, 4.69) is 19.2 Å². The number of halogens is 1. The molecule has 1 N–H and O–H groups in total. The van der Waals surface area contributed by atoms with Gasteiger partial charge in [0.2, 0.25) is 5.91 Å². The molecule has 0 aromatic rings. The summed E-state index contributed by atoms with van der Waals surface area (Å²) in [6, 6.07) is 0. The van der Waals surface area contributed by atoms with E-state index in [1.807, 2.05) is 27.7 Å². The molecule has 0 saturated heterocycles. The first-order valence-electron chi connectivity index (χ1n) is 5.59. The Kier molecular flexibility index (Phi) is 5.65. The highest BCUT2D eigenvalue weighted by atomic mass is 35.5. The Labute approximate surface area is 98.8 Å². The van der Waals surface area contributed by atoms with Gasteiger partial charge < -0.3 is 5.32 Å². The molecule has 0 bridgehead atoms. The van der Waals surface area contributed by atoms with Gasteiger partial charge in [-0.2, -0.15) is 0 Å². The molecule has 1 amide bonds. The number of alkyl halides is 1. The van der Waals surface area contributed by atoms with Crippen LogP contribution in [-0.2, 0) is 4.79 Å². The molecule has 2 atom stereocenters. The number of nitrogens with one attached hydrogen (secondary N) is 1. The van der Waals surface area contributed by atoms with E-state index in [1.165, 1.54) is 0 Å². The Balaban J connectivity index is 4.14. The van der Waals surface area contributed by atoms with Gasteiger partial charge in [0.25, 0.3) is 0 Å². The molecule has 0 aromatic heterocycles. The quantitative estimate of drug-likeness (QED) is 0.585. The van der Waals surface area contributed by atoms with Crippen molar-refractivity contribution in [3.63, 3.8) is 0 Å². The summed E-state index contributed by atoms with van der Waals surface area (Å²) in [5.74, 6) is 0.626. The zero-order chi connectivity index (χ0) is 12.2. The van der Waals surface area contributed by atoms with Crippen molar-refractivity contribution in [2.75, 3.05) is 0 Å². The van der Waals surface area contributed by atoms with Crippen molar-refractivity contribution in [3.8, 4) is 0 Å². The van der Waals surface area contributed by atoms with Gasteiger partial charge in [0, 0.05) is 5.92 Å². The summed E-state index contributed by atoms with van der Waals surface area (Å²) in [6.45, 7) is 12.2. The number of carbonyl (C=O) groups is 1. The summed E-state index contributed by atoms with van der Waals surface area (Å²) in [7, 11) is 0. The van der Waals surface area contributed by atoms with Crippen LogP contribution in [0.15, 0.2) is 0 Å². The number of amides is 1. The lowest BCUT2D eigenvalue weighted by Gasteiger charge is -2.27. The topological polar surface area (TPSA) is 29.1 Å². The molecule has 0 aliphatic rings. The summed E-state index contributed by atoms with van der Waals surface area (Å²) in [4.78, 5) is 11.7. The zero-order valence-electron chi connectivity index (χ0n) is 10.7. The van der Waals surface area contributed by atoms with Crippen LogP contribution in [0.25, 0.3) is 0 Å². The van der Waals surface area contributed by atoms with Crippen LogP contribution in [0.2, 0.25) is 0 Å². The van der Waals surface area contributed by atoms with Gasteiger partial charge in [-0.05, 0) is 17.8 Å². The number of hydrogen-bond acceptors (Lipinski definition) is 1. The fraction of sp³-hybridized carbons (Fsp3) is 0.917. The molecule has 90 valence electrons. The molecule has 0 aromatic carbocycles. The lowest BCUT2D eigenvalue weighted by atomic mass is 9.94. The number of hydrogen-bond donors (Lipinski definition) is 1. The molecule has 0 spiro atoms. The summed E-state index contributed by atoms with van der Waals surface area (Å²) < 4.78 is 0. The molecule has 2 nitrogen and oxygen atoms in total. The second-order valence-electron chi connectivity index (χ2n) is 5.77. The third kappa shape index (κ3) is 6.03. The third-order valence-corrected chi connectivity index (χ3v) is 3.07. The van der Waals surface area contributed by atoms with E-state index in [-0.39, 0.29) is 22.7 Å². The maximum Gasteiger partial charge on any atom is 0.224 e. The highest BCUT2D eigenvalue weighted by molar-refractivity contribution is 6.21. The predicted octanol–water partition coefficient (Wildman–Crippen LogP) is 3.40. The Morgan fingerprint density at radius 2 is 1.73 bits per heavy atom. The van der Waals surface area contributed by atoms with Crippen LogP contribution in [0.4, 0.5) is 0 Å². The summed E-state index contributed by atoms with van der Waals surface area (Å²) in [6.07, 6.45) is 0.902. The van der Waals surface area contributed by atoms with Gasteiger partial charge in [0.05, 0.1) is 0 Å². The maximum absolute atomic E-state index is 11.7. The summed E-state index contributed by atoms with van der Waals surface area (Å²) in [5.41, 5.74) is -0.408. The molecule has 0 unspecified atom stereocenters. The minimum Gasteiger partial charge on any atom is -0.339 e. The Hall–Kier alpha value is -0.240. The van der Waals surface area contributed by atoms with Gasteiger partial charge in [-0.3, -0.25) is 4.79 Å². The maximum atomic E-state index is 11.7. The first kappa shape index (κ1) is 14.8. The minimum absolute atomic E-state index is 0.0357. The van der Waals surface area contributed by atoms with Crippen LogP contribution in [-0.4, -0.2) is 11.4 Å². The van der Waals surface area contributed by atoms with Crippen LogP contribution in [0.3, 0.4) is 0 Å². The van der Waals surface area contributed by atoms with Gasteiger partial charge in [0.1, 0.15) is 5.50 Å². The molecule has 0 aliphatic carbocycles. The standard InChI is InChI=1S/C12H24ClNO/c1-8(2)7-9(3)10(15)14-11(13)12(4,5)6/h8-9,11H,7H2,1-6H3,(H,14,15)/t9-,11-/m0/s1. The minimum atomic E-state index is -0.306. The molecule has 0 saturated carbocycles. The van der Waals surface area contributed by atoms with E-state index in [0.29, 0.717) is 5.92 Å². The van der Waals surface area contributed by atoms with Crippen molar-refractivity contribution in [1.82, 2.24) is 5.32 Å². The smallest absolute Gasteiger partial charge is 0.224 e. The van der Waals surface area contributed by atoms with Crippen molar-refractivity contribution in [3.05, 3.63) is 0 Å². The fourth-order valence-electron chi connectivity index (χ4n) is 1.30. The predicted molar refractivity (Wildman–Crippen MR) is 65.9 cm³/mol. The molecule has 0 rings (SSSR count). The monoisotopic (exact) mass is 233 g/mol. The van der Waals surface area contributed by atoms with Crippen LogP contribution < -0.4 is 5.32 Å². The van der Waals surface area contributed by atoms with E-state index in [9.17, 15) is 4.79 Å². The largest absolute Gasteiger partial charge is 0.339 e. The third-order valence-electron chi connectivity index (χ3n) is 2.30. The Morgan fingerprint density at radius 3 is 2.07 bits per heavy atom. The second-order valence-corrected chi connectivity index (χ2v) is 6.20. The van der Waals surface area contributed by atoms with Crippen LogP contribution >= 0.6 is 11.6 Å². The van der Waals surface area contributed by atoms with Crippen molar-refractivity contribution in [1.29, 1.82) is 0 Å². The molecule has 15 heavy (non-hydrogen) atoms. The highest BCUT2D eigenvalue weighted by Crippen LogP contribution is 2.23. The molecule has 0 heterocycles. The van der Waals surface area contributed by atoms with Crippen molar-refractivity contribution >= 4 is 17.5 Å². The lowest BCUT2D eigenvalue weighted by Crippen LogP contribution is -2.42. The van der Waals surface area contributed by atoms with Gasteiger partial charge in [-0.15, -0.1) is 0 Å². The van der Waals surface area contributed by atoms with E-state index >= 15 is 0 Å². The molecular formula is C12H24ClNO. The molecular weight excluding hydrogens is 210 g/mol. The average Bonchev–Trinajstić information content (AvgIpc) is 2.00. The molecule has 0 fully saturated rings. The van der Waals surface area contributed by atoms with Crippen LogP contribution in [0, 0.1) is 17.3 Å². The van der Waals surface area contributed by atoms with E-state index < -0.39 is 0 Å². The molecule has 0 radical (unpaired) electrons. The van der Waals surface area contributed by atoms with Gasteiger partial charge in [0.15, 0.2) is 0 Å². The second kappa shape index (κ2) is 5.74. The van der Waals surface area contributed by atoms with E-state index in [4.69, 9.17) is 11.6 Å². The SMILES string of the molecule is CC(C)C[C@H](C)C(=O)N[C@H](Cl)C(C)(C)C. The van der Waals surface area contributed by atoms with Crippen molar-refractivity contribution in [2.24, 2.45) is 17.3 Å². The normalized spacial score (nSPS) is 16.3. The summed E-state index contributed by atoms with van der Waals surface area (Å²) >= 11 is 6.10. The average molecular weight is 234 g/mol. The molecule has 3 heteroatoms. The molecule has 0 aliphatic heterocycles. The van der Waals surface area contributed by atoms with E-state index in [1.54, 1.807) is 0 Å². The Morgan fingerprint density at radius 1 is 1.27 bits per heavy atom. The first-order valence-corrected chi connectivity index (χ1v) is 6.02. The fourth-order valence-corrected chi connectivity index (χ4v) is 1.41. The highest BCUT2D eigenvalue weighted by Gasteiger charge is 2.25. The van der Waals surface area contributed by atoms with Gasteiger partial charge in [-0.25, -0.2) is 0 Å².